The van der Waals surface area contributed by atoms with Crippen molar-refractivity contribution in [1.29, 1.82) is 0 Å². The fraction of sp³-hybridized carbons (Fsp3) is 0.0625. The van der Waals surface area contributed by atoms with Gasteiger partial charge < -0.3 is 0 Å². The van der Waals surface area contributed by atoms with E-state index in [0.29, 0.717) is 0 Å². The van der Waals surface area contributed by atoms with E-state index in [4.69, 9.17) is 0 Å². The van der Waals surface area contributed by atoms with Gasteiger partial charge in [0.1, 0.15) is 5.03 Å². The minimum Gasteiger partial charge on any atom is -0.241 e. The molecule has 0 amide bonds. The zero-order chi connectivity index (χ0) is 12.4. The van der Waals surface area contributed by atoms with Gasteiger partial charge in [0, 0.05) is 10.3 Å². The molecule has 3 aromatic rings. The Labute approximate surface area is 111 Å². The first kappa shape index (κ1) is 11.3. The maximum atomic E-state index is 4.67. The maximum Gasteiger partial charge on any atom is 0.101 e. The second-order valence-corrected chi connectivity index (χ2v) is 5.35. The normalized spacial score (nSPS) is 10.7. The Morgan fingerprint density at radius 3 is 2.56 bits per heavy atom. The van der Waals surface area contributed by atoms with Crippen LogP contribution >= 0.6 is 11.8 Å². The van der Waals surface area contributed by atoms with Gasteiger partial charge in [-0.3, -0.25) is 0 Å². The lowest BCUT2D eigenvalue weighted by Crippen LogP contribution is -1.83. The molecule has 88 valence electrons. The van der Waals surface area contributed by atoms with Crippen LogP contribution in [0.2, 0.25) is 0 Å². The molecule has 0 fully saturated rings. The van der Waals surface area contributed by atoms with Crippen LogP contribution < -0.4 is 0 Å². The molecule has 2 heteroatoms. The zero-order valence-corrected chi connectivity index (χ0v) is 10.9. The smallest absolute Gasteiger partial charge is 0.101 e. The van der Waals surface area contributed by atoms with E-state index in [1.165, 1.54) is 15.8 Å². The van der Waals surface area contributed by atoms with Gasteiger partial charge in [-0.25, -0.2) is 4.98 Å². The molecular weight excluding hydrogens is 238 g/mol. The predicted octanol–water partition coefficient (Wildman–Crippen LogP) is 4.69. The molecule has 18 heavy (non-hydrogen) atoms. The fourth-order valence-electron chi connectivity index (χ4n) is 1.89. The first-order valence-electron chi connectivity index (χ1n) is 5.91. The number of hydrogen-bond acceptors (Lipinski definition) is 2. The Morgan fingerprint density at radius 2 is 1.72 bits per heavy atom. The van der Waals surface area contributed by atoms with E-state index in [0.717, 1.165) is 10.5 Å². The molecule has 0 aliphatic carbocycles. The highest BCUT2D eigenvalue weighted by molar-refractivity contribution is 7.99. The van der Waals surface area contributed by atoms with Gasteiger partial charge in [-0.15, -0.1) is 0 Å². The number of fused-ring (bicyclic) bond motifs is 1. The topological polar surface area (TPSA) is 12.9 Å². The van der Waals surface area contributed by atoms with E-state index < -0.39 is 0 Å². The molecule has 3 rings (SSSR count). The molecule has 0 radical (unpaired) electrons. The van der Waals surface area contributed by atoms with Crippen LogP contribution in [0.25, 0.3) is 10.9 Å². The average molecular weight is 251 g/mol. The van der Waals surface area contributed by atoms with E-state index in [-0.39, 0.29) is 0 Å². The number of aromatic nitrogens is 1. The summed E-state index contributed by atoms with van der Waals surface area (Å²) < 4.78 is 0. The number of hydrogen-bond donors (Lipinski definition) is 0. The standard InChI is InChI=1S/C16H13NS/c1-12-7-9-15-13(11-12)8-10-16(17-15)18-14-5-3-2-4-6-14/h2-11H,1H3. The molecule has 2 aromatic carbocycles. The molecule has 0 N–H and O–H groups in total. The van der Waals surface area contributed by atoms with Gasteiger partial charge in [0.25, 0.3) is 0 Å². The minimum absolute atomic E-state index is 1.04. The van der Waals surface area contributed by atoms with Crippen LogP contribution in [0.1, 0.15) is 5.56 Å². The summed E-state index contributed by atoms with van der Waals surface area (Å²) >= 11 is 1.70. The molecule has 0 saturated heterocycles. The first-order valence-corrected chi connectivity index (χ1v) is 6.73. The van der Waals surface area contributed by atoms with Crippen molar-refractivity contribution >= 4 is 22.7 Å². The third kappa shape index (κ3) is 2.39. The first-order chi connectivity index (χ1) is 8.81. The summed E-state index contributed by atoms with van der Waals surface area (Å²) in [7, 11) is 0. The van der Waals surface area contributed by atoms with Gasteiger partial charge >= 0.3 is 0 Å². The van der Waals surface area contributed by atoms with Crippen LogP contribution in [0.3, 0.4) is 0 Å². The molecule has 0 aliphatic rings. The molecule has 0 saturated carbocycles. The van der Waals surface area contributed by atoms with Crippen LogP contribution in [-0.4, -0.2) is 4.98 Å². The third-order valence-electron chi connectivity index (χ3n) is 2.78. The van der Waals surface area contributed by atoms with Gasteiger partial charge in [-0.2, -0.15) is 0 Å². The summed E-state index contributed by atoms with van der Waals surface area (Å²) in [5.41, 5.74) is 2.33. The second-order valence-electron chi connectivity index (χ2n) is 4.26. The molecule has 0 aliphatic heterocycles. The number of nitrogens with zero attached hydrogens (tertiary/aromatic N) is 1. The van der Waals surface area contributed by atoms with E-state index in [1.54, 1.807) is 11.8 Å². The highest BCUT2D eigenvalue weighted by Gasteiger charge is 2.00. The Hall–Kier alpha value is -1.80. The highest BCUT2D eigenvalue weighted by Crippen LogP contribution is 2.27. The SMILES string of the molecule is Cc1ccc2nc(Sc3ccccc3)ccc2c1. The minimum atomic E-state index is 1.04. The molecule has 0 unspecified atom stereocenters. The fourth-order valence-corrected chi connectivity index (χ4v) is 2.71. The lowest BCUT2D eigenvalue weighted by atomic mass is 10.1. The number of pyridine rings is 1. The zero-order valence-electron chi connectivity index (χ0n) is 10.1. The quantitative estimate of drug-likeness (QED) is 0.655. The second kappa shape index (κ2) is 4.83. The summed E-state index contributed by atoms with van der Waals surface area (Å²) in [6.07, 6.45) is 0. The van der Waals surface area contributed by atoms with Crippen molar-refractivity contribution in [1.82, 2.24) is 4.98 Å². The van der Waals surface area contributed by atoms with Crippen LogP contribution in [0.4, 0.5) is 0 Å². The molecule has 0 bridgehead atoms. The number of rotatable bonds is 2. The Morgan fingerprint density at radius 1 is 0.889 bits per heavy atom. The van der Waals surface area contributed by atoms with Crippen molar-refractivity contribution in [3.63, 3.8) is 0 Å². The number of benzene rings is 2. The van der Waals surface area contributed by atoms with E-state index in [9.17, 15) is 0 Å². The van der Waals surface area contributed by atoms with Crippen LogP contribution in [0.15, 0.2) is 70.6 Å². The molecular formula is C16H13NS. The summed E-state index contributed by atoms with van der Waals surface area (Å²) in [6, 6.07) is 20.9. The third-order valence-corrected chi connectivity index (χ3v) is 3.73. The monoisotopic (exact) mass is 251 g/mol. The van der Waals surface area contributed by atoms with Crippen molar-refractivity contribution in [2.24, 2.45) is 0 Å². The Bertz CT molecular complexity index is 677. The largest absolute Gasteiger partial charge is 0.241 e. The maximum absolute atomic E-state index is 4.67. The van der Waals surface area contributed by atoms with E-state index in [1.807, 2.05) is 18.2 Å². The van der Waals surface area contributed by atoms with Crippen molar-refractivity contribution in [2.45, 2.75) is 16.8 Å². The molecule has 1 nitrogen and oxygen atoms in total. The lowest BCUT2D eigenvalue weighted by molar-refractivity contribution is 1.18. The average Bonchev–Trinajstić information content (AvgIpc) is 2.40. The molecule has 1 heterocycles. The molecule has 0 atom stereocenters. The van der Waals surface area contributed by atoms with Crippen LogP contribution in [0, 0.1) is 6.92 Å². The van der Waals surface area contributed by atoms with Gasteiger partial charge in [0.2, 0.25) is 0 Å². The van der Waals surface area contributed by atoms with Crippen LogP contribution in [-0.2, 0) is 0 Å². The van der Waals surface area contributed by atoms with Gasteiger partial charge in [0.15, 0.2) is 0 Å². The highest BCUT2D eigenvalue weighted by atomic mass is 32.2. The van der Waals surface area contributed by atoms with Gasteiger partial charge in [-0.05, 0) is 37.3 Å². The lowest BCUT2D eigenvalue weighted by Gasteiger charge is -2.03. The van der Waals surface area contributed by atoms with Crippen LogP contribution in [0.5, 0.6) is 0 Å². The summed E-state index contributed by atoms with van der Waals surface area (Å²) in [5.74, 6) is 0. The van der Waals surface area contributed by atoms with Crippen molar-refractivity contribution in [3.8, 4) is 0 Å². The molecule has 0 spiro atoms. The van der Waals surface area contributed by atoms with Gasteiger partial charge in [0.05, 0.1) is 5.52 Å². The molecule has 1 aromatic heterocycles. The van der Waals surface area contributed by atoms with E-state index in [2.05, 4.69) is 54.4 Å². The van der Waals surface area contributed by atoms with E-state index >= 15 is 0 Å². The van der Waals surface area contributed by atoms with Gasteiger partial charge in [-0.1, -0.05) is 47.7 Å². The summed E-state index contributed by atoms with van der Waals surface area (Å²) in [5, 5.41) is 2.24. The van der Waals surface area contributed by atoms with Crippen molar-refractivity contribution < 1.29 is 0 Å². The summed E-state index contributed by atoms with van der Waals surface area (Å²) in [4.78, 5) is 5.89. The predicted molar refractivity (Wildman–Crippen MR) is 77.0 cm³/mol. The van der Waals surface area contributed by atoms with Crippen molar-refractivity contribution in [2.75, 3.05) is 0 Å². The number of aryl methyl sites for hydroxylation is 1. The summed E-state index contributed by atoms with van der Waals surface area (Å²) in [6.45, 7) is 2.10. The van der Waals surface area contributed by atoms with Crippen molar-refractivity contribution in [3.05, 3.63) is 66.2 Å². The Balaban J connectivity index is 1.96. The Kier molecular flexibility index (Phi) is 3.03.